The molecule has 3 rings (SSSR count). The van der Waals surface area contributed by atoms with E-state index in [4.69, 9.17) is 5.73 Å². The largest absolute Gasteiger partial charge is 0.388 e. The summed E-state index contributed by atoms with van der Waals surface area (Å²) in [6, 6.07) is 3.61. The van der Waals surface area contributed by atoms with Crippen LogP contribution in [-0.2, 0) is 23.2 Å². The maximum atomic E-state index is 11.1. The van der Waals surface area contributed by atoms with Crippen LogP contribution >= 0.6 is 0 Å². The summed E-state index contributed by atoms with van der Waals surface area (Å²) in [6.07, 6.45) is 4.17. The second kappa shape index (κ2) is 6.90. The number of nitrogens with zero attached hydrogens (tertiary/aromatic N) is 4. The number of pyridine rings is 2. The van der Waals surface area contributed by atoms with E-state index < -0.39 is 10.0 Å². The number of nitrogens with two attached hydrogens (primary N) is 1. The fourth-order valence-corrected chi connectivity index (χ4v) is 3.30. The molecule has 4 N–H and O–H groups in total. The monoisotopic (exact) mass is 364 g/mol. The SMILES string of the molecule is CS(=O)(=O)NCCCCn1c(CO)nc2c(N)nc3cccnc3c21. The number of sulfonamides is 1. The van der Waals surface area contributed by atoms with Gasteiger partial charge in [-0.25, -0.2) is 23.1 Å². The van der Waals surface area contributed by atoms with Crippen LogP contribution in [-0.4, -0.2) is 45.8 Å². The summed E-state index contributed by atoms with van der Waals surface area (Å²) in [5, 5.41) is 9.64. The Labute approximate surface area is 145 Å². The molecule has 0 aromatic carbocycles. The predicted molar refractivity (Wildman–Crippen MR) is 95.2 cm³/mol. The lowest BCUT2D eigenvalue weighted by Gasteiger charge is -2.09. The molecule has 0 unspecified atom stereocenters. The summed E-state index contributed by atoms with van der Waals surface area (Å²) in [4.78, 5) is 13.1. The van der Waals surface area contributed by atoms with Gasteiger partial charge < -0.3 is 15.4 Å². The van der Waals surface area contributed by atoms with Crippen LogP contribution < -0.4 is 10.5 Å². The van der Waals surface area contributed by atoms with Crippen LogP contribution in [0, 0.1) is 0 Å². The minimum atomic E-state index is -3.18. The molecule has 3 aromatic heterocycles. The van der Waals surface area contributed by atoms with Gasteiger partial charge in [-0.2, -0.15) is 0 Å². The van der Waals surface area contributed by atoms with Gasteiger partial charge in [-0.05, 0) is 25.0 Å². The van der Waals surface area contributed by atoms with Crippen molar-refractivity contribution >= 4 is 37.9 Å². The van der Waals surface area contributed by atoms with Crippen LogP contribution in [0.1, 0.15) is 18.7 Å². The third-order valence-corrected chi connectivity index (χ3v) is 4.58. The second-order valence-electron chi connectivity index (χ2n) is 5.78. The molecule has 9 nitrogen and oxygen atoms in total. The fourth-order valence-electron chi connectivity index (χ4n) is 2.78. The minimum Gasteiger partial charge on any atom is -0.388 e. The molecule has 0 aliphatic carbocycles. The van der Waals surface area contributed by atoms with Crippen LogP contribution in [0.3, 0.4) is 0 Å². The second-order valence-corrected chi connectivity index (χ2v) is 7.61. The van der Waals surface area contributed by atoms with Gasteiger partial charge >= 0.3 is 0 Å². The molecule has 0 spiro atoms. The molecule has 3 heterocycles. The van der Waals surface area contributed by atoms with Crippen molar-refractivity contribution in [3.63, 3.8) is 0 Å². The number of hydrogen-bond acceptors (Lipinski definition) is 7. The highest BCUT2D eigenvalue weighted by Crippen LogP contribution is 2.27. The molecule has 25 heavy (non-hydrogen) atoms. The molecule has 134 valence electrons. The number of aliphatic hydroxyl groups is 1. The van der Waals surface area contributed by atoms with E-state index in [1.54, 1.807) is 12.3 Å². The molecule has 0 amide bonds. The number of nitrogen functional groups attached to an aromatic ring is 1. The maximum absolute atomic E-state index is 11.1. The zero-order valence-corrected chi connectivity index (χ0v) is 14.6. The van der Waals surface area contributed by atoms with Gasteiger partial charge in [0.1, 0.15) is 29.0 Å². The number of rotatable bonds is 7. The average Bonchev–Trinajstić information content (AvgIpc) is 2.93. The van der Waals surface area contributed by atoms with E-state index in [1.165, 1.54) is 0 Å². The summed E-state index contributed by atoms with van der Waals surface area (Å²) >= 11 is 0. The lowest BCUT2D eigenvalue weighted by molar-refractivity contribution is 0.265. The van der Waals surface area contributed by atoms with Crippen molar-refractivity contribution < 1.29 is 13.5 Å². The van der Waals surface area contributed by atoms with E-state index in [9.17, 15) is 13.5 Å². The van der Waals surface area contributed by atoms with Gasteiger partial charge in [0.15, 0.2) is 5.82 Å². The van der Waals surface area contributed by atoms with Crippen LogP contribution in [0.5, 0.6) is 0 Å². The first-order valence-corrected chi connectivity index (χ1v) is 9.74. The highest BCUT2D eigenvalue weighted by molar-refractivity contribution is 7.88. The quantitative estimate of drug-likeness (QED) is 0.516. The van der Waals surface area contributed by atoms with E-state index in [0.717, 1.165) is 11.8 Å². The molecule has 0 aliphatic rings. The zero-order chi connectivity index (χ0) is 18.0. The van der Waals surface area contributed by atoms with E-state index in [-0.39, 0.29) is 6.61 Å². The van der Waals surface area contributed by atoms with Crippen LogP contribution in [0.25, 0.3) is 22.1 Å². The van der Waals surface area contributed by atoms with Crippen molar-refractivity contribution in [2.24, 2.45) is 0 Å². The molecule has 0 saturated heterocycles. The Morgan fingerprint density at radius 3 is 2.80 bits per heavy atom. The van der Waals surface area contributed by atoms with Crippen molar-refractivity contribution in [3.8, 4) is 0 Å². The summed E-state index contributed by atoms with van der Waals surface area (Å²) in [5.74, 6) is 0.778. The van der Waals surface area contributed by atoms with Crippen molar-refractivity contribution in [2.75, 3.05) is 18.5 Å². The average molecular weight is 364 g/mol. The number of anilines is 1. The normalized spacial score (nSPS) is 12.2. The van der Waals surface area contributed by atoms with Crippen LogP contribution in [0.15, 0.2) is 18.3 Å². The summed E-state index contributed by atoms with van der Waals surface area (Å²) in [5.41, 5.74) is 8.61. The fraction of sp³-hybridized carbons (Fsp3) is 0.400. The molecular weight excluding hydrogens is 344 g/mol. The topological polar surface area (TPSA) is 136 Å². The van der Waals surface area contributed by atoms with Gasteiger partial charge in [-0.1, -0.05) is 0 Å². The van der Waals surface area contributed by atoms with Gasteiger partial charge in [0.25, 0.3) is 0 Å². The molecule has 0 atom stereocenters. The molecule has 10 heteroatoms. The Morgan fingerprint density at radius 2 is 2.08 bits per heavy atom. The molecule has 3 aromatic rings. The molecule has 0 radical (unpaired) electrons. The Balaban J connectivity index is 1.93. The lowest BCUT2D eigenvalue weighted by Crippen LogP contribution is -2.23. The number of fused-ring (bicyclic) bond motifs is 3. The predicted octanol–water partition coefficient (Wildman–Crippen LogP) is 0.383. The van der Waals surface area contributed by atoms with Gasteiger partial charge in [0, 0.05) is 19.3 Å². The Bertz CT molecular complexity index is 1010. The van der Waals surface area contributed by atoms with Crippen molar-refractivity contribution in [1.29, 1.82) is 0 Å². The van der Waals surface area contributed by atoms with Crippen molar-refractivity contribution in [1.82, 2.24) is 24.2 Å². The molecular formula is C15H20N6O3S. The van der Waals surface area contributed by atoms with Crippen molar-refractivity contribution in [3.05, 3.63) is 24.2 Å². The number of unbranched alkanes of at least 4 members (excludes halogenated alkanes) is 1. The highest BCUT2D eigenvalue weighted by atomic mass is 32.2. The first-order chi connectivity index (χ1) is 11.9. The highest BCUT2D eigenvalue weighted by Gasteiger charge is 2.17. The smallest absolute Gasteiger partial charge is 0.208 e. The molecule has 0 aliphatic heterocycles. The summed E-state index contributed by atoms with van der Waals surface area (Å²) in [7, 11) is -3.18. The lowest BCUT2D eigenvalue weighted by atomic mass is 10.2. The van der Waals surface area contributed by atoms with E-state index in [0.29, 0.717) is 54.1 Å². The van der Waals surface area contributed by atoms with Gasteiger partial charge in [0.2, 0.25) is 10.0 Å². The van der Waals surface area contributed by atoms with E-state index >= 15 is 0 Å². The number of hydrogen-bond donors (Lipinski definition) is 3. The molecule has 0 bridgehead atoms. The summed E-state index contributed by atoms with van der Waals surface area (Å²) < 4.78 is 26.5. The third-order valence-electron chi connectivity index (χ3n) is 3.86. The Kier molecular flexibility index (Phi) is 4.84. The molecule has 0 saturated carbocycles. The third kappa shape index (κ3) is 3.70. The maximum Gasteiger partial charge on any atom is 0.208 e. The van der Waals surface area contributed by atoms with E-state index in [1.807, 2.05) is 10.6 Å². The van der Waals surface area contributed by atoms with Crippen LogP contribution in [0.2, 0.25) is 0 Å². The number of aliphatic hydroxyl groups excluding tert-OH is 1. The summed E-state index contributed by atoms with van der Waals surface area (Å²) in [6.45, 7) is 0.694. The number of aromatic nitrogens is 4. The Hall–Kier alpha value is -2.30. The van der Waals surface area contributed by atoms with Gasteiger partial charge in [-0.3, -0.25) is 4.98 Å². The van der Waals surface area contributed by atoms with Gasteiger partial charge in [0.05, 0.1) is 11.8 Å². The Morgan fingerprint density at radius 1 is 1.28 bits per heavy atom. The van der Waals surface area contributed by atoms with Gasteiger partial charge in [-0.15, -0.1) is 0 Å². The van der Waals surface area contributed by atoms with E-state index in [2.05, 4.69) is 19.7 Å². The minimum absolute atomic E-state index is 0.232. The first kappa shape index (κ1) is 17.5. The van der Waals surface area contributed by atoms with Crippen LogP contribution in [0.4, 0.5) is 5.82 Å². The number of aryl methyl sites for hydroxylation is 1. The standard InChI is InChI=1S/C15H20N6O3S/c1-25(23,24)18-7-2-3-8-21-11(9-22)20-13-14(21)12-10(19-15(13)16)5-4-6-17-12/h4-6,18,22H,2-3,7-9H2,1H3,(H2,16,19). The number of nitrogens with one attached hydrogen (secondary N) is 1. The zero-order valence-electron chi connectivity index (χ0n) is 13.8. The first-order valence-electron chi connectivity index (χ1n) is 7.85. The van der Waals surface area contributed by atoms with Crippen molar-refractivity contribution in [2.45, 2.75) is 26.0 Å². The molecule has 0 fully saturated rings. The number of imidazole rings is 1.